The van der Waals surface area contributed by atoms with Crippen molar-refractivity contribution in [3.05, 3.63) is 52.2 Å². The summed E-state index contributed by atoms with van der Waals surface area (Å²) in [4.78, 5) is 17.5. The van der Waals surface area contributed by atoms with Gasteiger partial charge in [-0.25, -0.2) is 9.97 Å². The minimum absolute atomic E-state index is 0.802. The molecule has 1 aliphatic heterocycles. The molecule has 0 unspecified atom stereocenters. The van der Waals surface area contributed by atoms with E-state index in [1.807, 2.05) is 11.3 Å². The number of nitrogens with zero attached hydrogens (tertiary/aromatic N) is 4. The van der Waals surface area contributed by atoms with Crippen molar-refractivity contribution >= 4 is 27.4 Å². The molecule has 5 rings (SSSR count). The van der Waals surface area contributed by atoms with E-state index in [0.717, 1.165) is 81.8 Å². The number of hydrogen-bond donors (Lipinski definition) is 1. The summed E-state index contributed by atoms with van der Waals surface area (Å²) in [6.45, 7) is 7.29. The Hall–Kier alpha value is -2.06. The van der Waals surface area contributed by atoms with Crippen molar-refractivity contribution in [3.63, 3.8) is 0 Å². The Kier molecular flexibility index (Phi) is 6.97. The average Bonchev–Trinajstić information content (AvgIpc) is 3.39. The van der Waals surface area contributed by atoms with E-state index in [1.165, 1.54) is 34.2 Å². The Morgan fingerprint density at radius 2 is 1.97 bits per heavy atom. The molecule has 0 amide bonds. The fraction of sp³-hybridized carbons (Fsp3) is 0.520. The van der Waals surface area contributed by atoms with Crippen LogP contribution in [-0.2, 0) is 30.7 Å². The highest BCUT2D eigenvalue weighted by atomic mass is 32.1. The fourth-order valence-corrected chi connectivity index (χ4v) is 6.01. The molecule has 3 heterocycles. The van der Waals surface area contributed by atoms with Gasteiger partial charge in [0.15, 0.2) is 0 Å². The molecule has 0 bridgehead atoms. The molecule has 1 fully saturated rings. The van der Waals surface area contributed by atoms with E-state index in [9.17, 15) is 0 Å². The molecule has 2 aliphatic rings. The molecule has 0 spiro atoms. The topological polar surface area (TPSA) is 53.5 Å². The number of hydrogen-bond acceptors (Lipinski definition) is 7. The molecule has 1 saturated heterocycles. The maximum Gasteiger partial charge on any atom is 0.146 e. The zero-order chi connectivity index (χ0) is 21.8. The molecule has 3 aromatic rings. The molecule has 2 aromatic heterocycles. The first-order valence-corrected chi connectivity index (χ1v) is 12.7. The third-order valence-electron chi connectivity index (χ3n) is 6.38. The Bertz CT molecular complexity index is 1030. The summed E-state index contributed by atoms with van der Waals surface area (Å²) in [5.74, 6) is 1.98. The first-order valence-electron chi connectivity index (χ1n) is 11.8. The van der Waals surface area contributed by atoms with Crippen LogP contribution in [0.1, 0.15) is 34.7 Å². The van der Waals surface area contributed by atoms with Gasteiger partial charge in [0.1, 0.15) is 16.5 Å². The molecule has 0 radical (unpaired) electrons. The summed E-state index contributed by atoms with van der Waals surface area (Å²) in [6.07, 6.45) is 4.70. The summed E-state index contributed by atoms with van der Waals surface area (Å²) >= 11 is 1.88. The normalized spacial score (nSPS) is 16.7. The van der Waals surface area contributed by atoms with E-state index in [0.29, 0.717) is 0 Å². The number of morpholine rings is 1. The van der Waals surface area contributed by atoms with Gasteiger partial charge in [-0.3, -0.25) is 4.90 Å². The van der Waals surface area contributed by atoms with E-state index in [-0.39, 0.29) is 0 Å². The van der Waals surface area contributed by atoms with Crippen LogP contribution in [0.2, 0.25) is 0 Å². The fourth-order valence-electron chi connectivity index (χ4n) is 4.73. The quantitative estimate of drug-likeness (QED) is 0.497. The second-order valence-corrected chi connectivity index (χ2v) is 10.0. The molecular formula is C25H33N5OS. The summed E-state index contributed by atoms with van der Waals surface area (Å²) in [5.41, 5.74) is 2.86. The van der Waals surface area contributed by atoms with Crippen molar-refractivity contribution in [3.8, 4) is 0 Å². The molecule has 1 aromatic carbocycles. The van der Waals surface area contributed by atoms with Crippen molar-refractivity contribution in [1.82, 2.24) is 19.8 Å². The molecule has 6 nitrogen and oxygen atoms in total. The van der Waals surface area contributed by atoms with Crippen molar-refractivity contribution in [2.45, 2.75) is 38.8 Å². The van der Waals surface area contributed by atoms with Gasteiger partial charge in [0.05, 0.1) is 25.1 Å². The first-order chi connectivity index (χ1) is 15.8. The molecule has 0 atom stereocenters. The number of nitrogens with one attached hydrogen (secondary N) is 1. The molecule has 1 N–H and O–H groups in total. The SMILES string of the molecule is CN(CCCNc1nc(CN2CCOCC2)nc2sc3c(c12)CCC3)Cc1ccccc1. The molecule has 1 aliphatic carbocycles. The minimum atomic E-state index is 0.802. The van der Waals surface area contributed by atoms with Crippen LogP contribution >= 0.6 is 11.3 Å². The number of aryl methyl sites for hydroxylation is 2. The number of anilines is 1. The number of fused-ring (bicyclic) bond motifs is 3. The van der Waals surface area contributed by atoms with E-state index < -0.39 is 0 Å². The second-order valence-electron chi connectivity index (χ2n) is 8.92. The summed E-state index contributed by atoms with van der Waals surface area (Å²) in [6, 6.07) is 10.7. The lowest BCUT2D eigenvalue weighted by molar-refractivity contribution is 0.0331. The Balaban J connectivity index is 1.25. The largest absolute Gasteiger partial charge is 0.379 e. The van der Waals surface area contributed by atoms with Crippen LogP contribution in [0.4, 0.5) is 5.82 Å². The van der Waals surface area contributed by atoms with Gasteiger partial charge in [-0.1, -0.05) is 30.3 Å². The maximum atomic E-state index is 5.50. The third kappa shape index (κ3) is 5.12. The van der Waals surface area contributed by atoms with Crippen molar-refractivity contribution in [1.29, 1.82) is 0 Å². The van der Waals surface area contributed by atoms with Crippen LogP contribution in [0.25, 0.3) is 10.2 Å². The van der Waals surface area contributed by atoms with Gasteiger partial charge in [-0.2, -0.15) is 0 Å². The third-order valence-corrected chi connectivity index (χ3v) is 7.57. The number of ether oxygens (including phenoxy) is 1. The van der Waals surface area contributed by atoms with Gasteiger partial charge in [0, 0.05) is 31.1 Å². The molecule has 7 heteroatoms. The zero-order valence-electron chi connectivity index (χ0n) is 19.0. The lowest BCUT2D eigenvalue weighted by Crippen LogP contribution is -2.36. The van der Waals surface area contributed by atoms with Crippen LogP contribution < -0.4 is 5.32 Å². The van der Waals surface area contributed by atoms with Gasteiger partial charge in [0.2, 0.25) is 0 Å². The van der Waals surface area contributed by atoms with Crippen molar-refractivity contribution in [2.75, 3.05) is 51.8 Å². The monoisotopic (exact) mass is 451 g/mol. The highest BCUT2D eigenvalue weighted by Gasteiger charge is 2.23. The average molecular weight is 452 g/mol. The van der Waals surface area contributed by atoms with Gasteiger partial charge in [-0.15, -0.1) is 11.3 Å². The van der Waals surface area contributed by atoms with Crippen molar-refractivity contribution < 1.29 is 4.74 Å². The van der Waals surface area contributed by atoms with Crippen LogP contribution in [0, 0.1) is 0 Å². The minimum Gasteiger partial charge on any atom is -0.379 e. The van der Waals surface area contributed by atoms with Crippen molar-refractivity contribution in [2.24, 2.45) is 0 Å². The zero-order valence-corrected chi connectivity index (χ0v) is 19.8. The predicted octanol–water partition coefficient (Wildman–Crippen LogP) is 3.95. The number of rotatable bonds is 9. The standard InChI is InChI=1S/C25H33N5OS/c1-29(17-19-7-3-2-4-8-19)12-6-11-26-24-23-20-9-5-10-21(20)32-25(23)28-22(27-24)18-30-13-15-31-16-14-30/h2-4,7-8H,5-6,9-18H2,1H3,(H,26,27,28). The van der Waals surface area contributed by atoms with Crippen LogP contribution in [0.3, 0.4) is 0 Å². The Labute approximate surface area is 194 Å². The number of thiophene rings is 1. The van der Waals surface area contributed by atoms with Gasteiger partial charge in [-0.05, 0) is 50.4 Å². The molecule has 0 saturated carbocycles. The Morgan fingerprint density at radius 1 is 1.12 bits per heavy atom. The highest BCUT2D eigenvalue weighted by molar-refractivity contribution is 7.19. The van der Waals surface area contributed by atoms with Crippen LogP contribution in [-0.4, -0.2) is 66.2 Å². The van der Waals surface area contributed by atoms with E-state index >= 15 is 0 Å². The highest BCUT2D eigenvalue weighted by Crippen LogP contribution is 2.39. The molecule has 32 heavy (non-hydrogen) atoms. The van der Waals surface area contributed by atoms with Gasteiger partial charge < -0.3 is 15.0 Å². The smallest absolute Gasteiger partial charge is 0.146 e. The molecule has 170 valence electrons. The maximum absolute atomic E-state index is 5.50. The van der Waals surface area contributed by atoms with Crippen LogP contribution in [0.5, 0.6) is 0 Å². The van der Waals surface area contributed by atoms with E-state index in [4.69, 9.17) is 14.7 Å². The van der Waals surface area contributed by atoms with Gasteiger partial charge in [0.25, 0.3) is 0 Å². The first kappa shape index (κ1) is 21.8. The predicted molar refractivity (Wildman–Crippen MR) is 131 cm³/mol. The lowest BCUT2D eigenvalue weighted by atomic mass is 10.2. The summed E-state index contributed by atoms with van der Waals surface area (Å²) < 4.78 is 5.50. The van der Waals surface area contributed by atoms with Crippen LogP contribution in [0.15, 0.2) is 30.3 Å². The Morgan fingerprint density at radius 3 is 2.81 bits per heavy atom. The second kappa shape index (κ2) is 10.3. The molecular weight excluding hydrogens is 418 g/mol. The van der Waals surface area contributed by atoms with Gasteiger partial charge >= 0.3 is 0 Å². The number of aromatic nitrogens is 2. The lowest BCUT2D eigenvalue weighted by Gasteiger charge is -2.25. The van der Waals surface area contributed by atoms with E-state index in [1.54, 1.807) is 0 Å². The summed E-state index contributed by atoms with van der Waals surface area (Å²) in [7, 11) is 2.20. The summed E-state index contributed by atoms with van der Waals surface area (Å²) in [5, 5.41) is 4.97. The van der Waals surface area contributed by atoms with E-state index in [2.05, 4.69) is 52.5 Å². The number of benzene rings is 1.